The molecule has 2 unspecified atom stereocenters. The van der Waals surface area contributed by atoms with Crippen molar-refractivity contribution in [2.45, 2.75) is 194 Å². The Morgan fingerprint density at radius 3 is 1.08 bits per heavy atom. The Morgan fingerprint density at radius 2 is 0.763 bits per heavy atom. The van der Waals surface area contributed by atoms with Crippen LogP contribution in [0.25, 0.3) is 0 Å². The highest BCUT2D eigenvalue weighted by Crippen LogP contribution is 2.29. The van der Waals surface area contributed by atoms with E-state index in [-0.39, 0.29) is 18.3 Å². The molecule has 0 saturated carbocycles. The van der Waals surface area contributed by atoms with E-state index in [1.807, 2.05) is 0 Å². The normalized spacial score (nSPS) is 13.0. The maximum atomic E-state index is 12.1. The Labute approximate surface area is 237 Å². The summed E-state index contributed by atoms with van der Waals surface area (Å²) >= 11 is 0. The summed E-state index contributed by atoms with van der Waals surface area (Å²) in [5, 5.41) is 19.1. The monoisotopic (exact) mass is 538 g/mol. The number of rotatable bonds is 31. The summed E-state index contributed by atoms with van der Waals surface area (Å²) in [5.41, 5.74) is 0. The number of unbranched alkanes of at least 4 members (excludes halogenated alkanes) is 22. The van der Waals surface area contributed by atoms with Crippen LogP contribution in [0.4, 0.5) is 0 Å². The summed E-state index contributed by atoms with van der Waals surface area (Å²) in [4.78, 5) is 23.3. The van der Waals surface area contributed by atoms with Crippen LogP contribution < -0.4 is 0 Å². The van der Waals surface area contributed by atoms with Gasteiger partial charge in [-0.05, 0) is 25.2 Å². The van der Waals surface area contributed by atoms with Crippen molar-refractivity contribution in [3.05, 3.63) is 0 Å². The first kappa shape index (κ1) is 36.9. The van der Waals surface area contributed by atoms with Gasteiger partial charge in [-0.25, -0.2) is 0 Å². The predicted molar refractivity (Wildman–Crippen MR) is 163 cm³/mol. The molecule has 0 fully saturated rings. The molecule has 0 aromatic carbocycles. The second kappa shape index (κ2) is 28.9. The first-order chi connectivity index (χ1) is 18.5. The number of hydrogen-bond acceptors (Lipinski definition) is 2. The van der Waals surface area contributed by atoms with Gasteiger partial charge in [0, 0.05) is 6.42 Å². The average molecular weight is 539 g/mol. The minimum Gasteiger partial charge on any atom is -0.481 e. The smallest absolute Gasteiger partial charge is 0.306 e. The minimum absolute atomic E-state index is 0.000529. The van der Waals surface area contributed by atoms with Gasteiger partial charge in [-0.2, -0.15) is 0 Å². The van der Waals surface area contributed by atoms with Crippen LogP contribution in [0.3, 0.4) is 0 Å². The topological polar surface area (TPSA) is 74.6 Å². The molecule has 4 heteroatoms. The quantitative estimate of drug-likeness (QED) is 0.0860. The average Bonchev–Trinajstić information content (AvgIpc) is 2.89. The molecule has 0 aromatic rings. The van der Waals surface area contributed by atoms with E-state index in [9.17, 15) is 19.8 Å². The van der Waals surface area contributed by atoms with Crippen LogP contribution >= 0.6 is 0 Å². The zero-order valence-electron chi connectivity index (χ0n) is 25.7. The highest BCUT2D eigenvalue weighted by molar-refractivity contribution is 5.70. The molecule has 0 rings (SSSR count). The van der Waals surface area contributed by atoms with E-state index in [1.54, 1.807) is 0 Å². The number of hydrogen-bond donors (Lipinski definition) is 2. The Bertz CT molecular complexity index is 519. The van der Waals surface area contributed by atoms with Gasteiger partial charge in [0.2, 0.25) is 0 Å². The molecule has 4 nitrogen and oxygen atoms in total. The van der Waals surface area contributed by atoms with Crippen molar-refractivity contribution in [1.29, 1.82) is 0 Å². The van der Waals surface area contributed by atoms with Crippen molar-refractivity contribution in [2.75, 3.05) is 0 Å². The van der Waals surface area contributed by atoms with Gasteiger partial charge in [0.1, 0.15) is 0 Å². The molecule has 0 saturated heterocycles. The van der Waals surface area contributed by atoms with Crippen molar-refractivity contribution in [3.8, 4) is 0 Å². The van der Waals surface area contributed by atoms with Gasteiger partial charge in [-0.1, -0.05) is 168 Å². The molecular formula is C34H66O4. The van der Waals surface area contributed by atoms with Crippen LogP contribution in [0.2, 0.25) is 0 Å². The lowest BCUT2D eigenvalue weighted by Gasteiger charge is -2.24. The van der Waals surface area contributed by atoms with Crippen LogP contribution in [-0.2, 0) is 9.59 Å². The third kappa shape index (κ3) is 25.2. The van der Waals surface area contributed by atoms with E-state index >= 15 is 0 Å². The van der Waals surface area contributed by atoms with Gasteiger partial charge >= 0.3 is 11.9 Å². The van der Waals surface area contributed by atoms with Gasteiger partial charge in [0.25, 0.3) is 0 Å². The van der Waals surface area contributed by atoms with Gasteiger partial charge in [0.15, 0.2) is 0 Å². The van der Waals surface area contributed by atoms with Crippen LogP contribution in [0, 0.1) is 11.8 Å². The summed E-state index contributed by atoms with van der Waals surface area (Å²) in [7, 11) is 0. The van der Waals surface area contributed by atoms with Crippen molar-refractivity contribution in [1.82, 2.24) is 0 Å². The molecule has 0 amide bonds. The second-order valence-electron chi connectivity index (χ2n) is 12.0. The SMILES string of the molecule is CCCCCCCCCCCCCCC(CCC(=O)O)C(CCCCCCCCCCCCCC)C(=O)O. The van der Waals surface area contributed by atoms with Crippen molar-refractivity contribution >= 4 is 11.9 Å². The number of aliphatic carboxylic acids is 2. The molecule has 0 aromatic heterocycles. The van der Waals surface area contributed by atoms with E-state index in [0.717, 1.165) is 32.1 Å². The molecule has 38 heavy (non-hydrogen) atoms. The van der Waals surface area contributed by atoms with E-state index < -0.39 is 11.9 Å². The zero-order chi connectivity index (χ0) is 28.1. The molecule has 0 aliphatic carbocycles. The first-order valence-electron chi connectivity index (χ1n) is 17.0. The molecule has 2 atom stereocenters. The lowest BCUT2D eigenvalue weighted by atomic mass is 9.81. The summed E-state index contributed by atoms with van der Waals surface area (Å²) in [6.45, 7) is 4.52. The second-order valence-corrected chi connectivity index (χ2v) is 12.0. The number of carboxylic acid groups (broad SMARTS) is 2. The van der Waals surface area contributed by atoms with E-state index in [1.165, 1.54) is 128 Å². The zero-order valence-corrected chi connectivity index (χ0v) is 25.7. The number of carboxylic acids is 2. The Balaban J connectivity index is 4.07. The standard InChI is InChI=1S/C34H66O4/c1-3-5-7-9-11-13-15-17-19-21-23-25-27-31(29-30-33(35)36)32(34(37)38)28-26-24-22-20-18-16-14-12-10-8-6-4-2/h31-32H,3-30H2,1-2H3,(H,35,36)(H,37,38). The van der Waals surface area contributed by atoms with Gasteiger partial charge < -0.3 is 10.2 Å². The Morgan fingerprint density at radius 1 is 0.447 bits per heavy atom. The van der Waals surface area contributed by atoms with Crippen LogP contribution in [-0.4, -0.2) is 22.2 Å². The first-order valence-corrected chi connectivity index (χ1v) is 17.0. The lowest BCUT2D eigenvalue weighted by molar-refractivity contribution is -0.145. The summed E-state index contributed by atoms with van der Waals surface area (Å²) in [6, 6.07) is 0. The molecule has 2 N–H and O–H groups in total. The van der Waals surface area contributed by atoms with Crippen LogP contribution in [0.1, 0.15) is 194 Å². The van der Waals surface area contributed by atoms with Crippen molar-refractivity contribution < 1.29 is 19.8 Å². The summed E-state index contributed by atoms with van der Waals surface area (Å²) < 4.78 is 0. The lowest BCUT2D eigenvalue weighted by Crippen LogP contribution is -2.24. The van der Waals surface area contributed by atoms with Gasteiger partial charge in [0.05, 0.1) is 5.92 Å². The predicted octanol–water partition coefficient (Wildman–Crippen LogP) is 11.4. The third-order valence-corrected chi connectivity index (χ3v) is 8.41. The largest absolute Gasteiger partial charge is 0.481 e. The number of carbonyl (C=O) groups is 2. The molecule has 0 heterocycles. The van der Waals surface area contributed by atoms with E-state index in [0.29, 0.717) is 12.8 Å². The third-order valence-electron chi connectivity index (χ3n) is 8.41. The molecule has 0 aliphatic rings. The molecule has 0 spiro atoms. The molecule has 0 radical (unpaired) electrons. The highest BCUT2D eigenvalue weighted by Gasteiger charge is 2.27. The fraction of sp³-hybridized carbons (Fsp3) is 0.941. The molecule has 0 bridgehead atoms. The molecule has 226 valence electrons. The molecule has 0 aliphatic heterocycles. The maximum Gasteiger partial charge on any atom is 0.306 e. The van der Waals surface area contributed by atoms with Gasteiger partial charge in [-0.3, -0.25) is 9.59 Å². The van der Waals surface area contributed by atoms with Crippen molar-refractivity contribution in [3.63, 3.8) is 0 Å². The van der Waals surface area contributed by atoms with Crippen LogP contribution in [0.5, 0.6) is 0 Å². The fourth-order valence-corrected chi connectivity index (χ4v) is 5.87. The van der Waals surface area contributed by atoms with Crippen LogP contribution in [0.15, 0.2) is 0 Å². The van der Waals surface area contributed by atoms with E-state index in [2.05, 4.69) is 13.8 Å². The Kier molecular flexibility index (Phi) is 28.1. The minimum atomic E-state index is -0.806. The van der Waals surface area contributed by atoms with E-state index in [4.69, 9.17) is 0 Å². The summed E-state index contributed by atoms with van der Waals surface area (Å²) in [5.74, 6) is -1.91. The summed E-state index contributed by atoms with van der Waals surface area (Å²) in [6.07, 6.45) is 33.0. The van der Waals surface area contributed by atoms with Crippen molar-refractivity contribution in [2.24, 2.45) is 11.8 Å². The maximum absolute atomic E-state index is 12.1. The highest BCUT2D eigenvalue weighted by atomic mass is 16.4. The molecular weight excluding hydrogens is 472 g/mol. The fourth-order valence-electron chi connectivity index (χ4n) is 5.87. The van der Waals surface area contributed by atoms with Gasteiger partial charge in [-0.15, -0.1) is 0 Å². The Hall–Kier alpha value is -1.06.